The lowest BCUT2D eigenvalue weighted by atomic mass is 10.1. The van der Waals surface area contributed by atoms with Crippen LogP contribution in [0.3, 0.4) is 0 Å². The molecule has 3 aromatic rings. The monoisotopic (exact) mass is 292 g/mol. The molecule has 7 heteroatoms. The molecule has 0 spiro atoms. The summed E-state index contributed by atoms with van der Waals surface area (Å²) >= 11 is 0. The number of aryl methyl sites for hydroxylation is 1. The van der Waals surface area contributed by atoms with Gasteiger partial charge in [-0.05, 0) is 30.7 Å². The number of nitrogens with zero attached hydrogens (tertiary/aromatic N) is 3. The van der Waals surface area contributed by atoms with Gasteiger partial charge in [0, 0.05) is 11.9 Å². The Balaban J connectivity index is 2.27. The van der Waals surface area contributed by atoms with E-state index in [1.807, 2.05) is 0 Å². The quantitative estimate of drug-likeness (QED) is 0.748. The molecule has 0 bridgehead atoms. The van der Waals surface area contributed by atoms with Gasteiger partial charge in [-0.2, -0.15) is 13.2 Å². The van der Waals surface area contributed by atoms with Crippen LogP contribution >= 0.6 is 0 Å². The number of imidazole rings is 1. The first-order chi connectivity index (χ1) is 9.88. The van der Waals surface area contributed by atoms with Gasteiger partial charge in [-0.1, -0.05) is 6.07 Å². The van der Waals surface area contributed by atoms with Gasteiger partial charge in [0.2, 0.25) is 5.95 Å². The van der Waals surface area contributed by atoms with Crippen LogP contribution in [0, 0.1) is 6.92 Å². The third-order valence-electron chi connectivity index (χ3n) is 3.27. The van der Waals surface area contributed by atoms with Crippen molar-refractivity contribution in [2.45, 2.75) is 13.1 Å². The van der Waals surface area contributed by atoms with Crippen molar-refractivity contribution in [3.63, 3.8) is 0 Å². The number of aromatic nitrogens is 3. The molecule has 0 atom stereocenters. The maximum Gasteiger partial charge on any atom is 0.416 e. The number of nitrogens with two attached hydrogens (primary N) is 1. The molecule has 2 N–H and O–H groups in total. The van der Waals surface area contributed by atoms with Gasteiger partial charge >= 0.3 is 6.18 Å². The fraction of sp³-hybridized carbons (Fsp3) is 0.143. The van der Waals surface area contributed by atoms with Gasteiger partial charge in [-0.3, -0.25) is 9.55 Å². The number of anilines is 1. The van der Waals surface area contributed by atoms with Crippen LogP contribution in [0.4, 0.5) is 19.1 Å². The van der Waals surface area contributed by atoms with Crippen LogP contribution in [0.2, 0.25) is 0 Å². The molecular formula is C14H11F3N4. The Morgan fingerprint density at radius 1 is 1.19 bits per heavy atom. The van der Waals surface area contributed by atoms with Crippen molar-refractivity contribution >= 4 is 17.0 Å². The summed E-state index contributed by atoms with van der Waals surface area (Å²) < 4.78 is 40.5. The lowest BCUT2D eigenvalue weighted by molar-refractivity contribution is -0.138. The highest BCUT2D eigenvalue weighted by Crippen LogP contribution is 2.34. The second-order valence-corrected chi connectivity index (χ2v) is 4.67. The molecule has 4 nitrogen and oxygen atoms in total. The van der Waals surface area contributed by atoms with E-state index in [4.69, 9.17) is 5.73 Å². The molecule has 0 fully saturated rings. The second-order valence-electron chi connectivity index (χ2n) is 4.67. The number of pyridine rings is 1. The highest BCUT2D eigenvalue weighted by atomic mass is 19.4. The lowest BCUT2D eigenvalue weighted by Crippen LogP contribution is -2.09. The molecular weight excluding hydrogens is 281 g/mol. The number of benzene rings is 1. The fourth-order valence-electron chi connectivity index (χ4n) is 2.28. The molecule has 1 aromatic carbocycles. The summed E-state index contributed by atoms with van der Waals surface area (Å²) in [5.41, 5.74) is 6.76. The van der Waals surface area contributed by atoms with Crippen LogP contribution in [0.15, 0.2) is 36.7 Å². The van der Waals surface area contributed by atoms with Crippen LogP contribution in [0.25, 0.3) is 16.7 Å². The molecule has 0 aliphatic heterocycles. The minimum atomic E-state index is -4.41. The van der Waals surface area contributed by atoms with Gasteiger partial charge in [0.15, 0.2) is 0 Å². The van der Waals surface area contributed by atoms with Crippen LogP contribution < -0.4 is 5.73 Å². The van der Waals surface area contributed by atoms with Gasteiger partial charge in [0.25, 0.3) is 0 Å². The molecule has 108 valence electrons. The van der Waals surface area contributed by atoms with Crippen molar-refractivity contribution in [1.29, 1.82) is 0 Å². The zero-order valence-corrected chi connectivity index (χ0v) is 11.0. The van der Waals surface area contributed by atoms with Gasteiger partial charge in [0.05, 0.1) is 17.3 Å². The summed E-state index contributed by atoms with van der Waals surface area (Å²) in [5, 5.41) is 0. The lowest BCUT2D eigenvalue weighted by Gasteiger charge is -2.13. The topological polar surface area (TPSA) is 56.7 Å². The van der Waals surface area contributed by atoms with Gasteiger partial charge in [-0.15, -0.1) is 0 Å². The maximum atomic E-state index is 13.0. The van der Waals surface area contributed by atoms with Crippen LogP contribution in [-0.2, 0) is 6.18 Å². The summed E-state index contributed by atoms with van der Waals surface area (Å²) in [7, 11) is 0. The third kappa shape index (κ3) is 2.20. The predicted molar refractivity (Wildman–Crippen MR) is 73.0 cm³/mol. The number of alkyl halides is 3. The van der Waals surface area contributed by atoms with E-state index in [1.165, 1.54) is 23.8 Å². The fourth-order valence-corrected chi connectivity index (χ4v) is 2.28. The second kappa shape index (κ2) is 4.47. The summed E-state index contributed by atoms with van der Waals surface area (Å²) in [6.07, 6.45) is -1.35. The number of halogens is 3. The summed E-state index contributed by atoms with van der Waals surface area (Å²) in [4.78, 5) is 8.02. The van der Waals surface area contributed by atoms with Crippen molar-refractivity contribution in [2.24, 2.45) is 0 Å². The molecule has 0 saturated heterocycles. The highest BCUT2D eigenvalue weighted by molar-refractivity contribution is 5.79. The Bertz CT molecular complexity index is 821. The highest BCUT2D eigenvalue weighted by Gasteiger charge is 2.32. The smallest absolute Gasteiger partial charge is 0.369 e. The zero-order valence-electron chi connectivity index (χ0n) is 11.0. The molecule has 0 amide bonds. The largest absolute Gasteiger partial charge is 0.416 e. The first kappa shape index (κ1) is 13.4. The molecule has 0 aliphatic carbocycles. The van der Waals surface area contributed by atoms with E-state index in [9.17, 15) is 13.2 Å². The van der Waals surface area contributed by atoms with Gasteiger partial charge in [-0.25, -0.2) is 4.98 Å². The normalized spacial score (nSPS) is 12.0. The van der Waals surface area contributed by atoms with E-state index >= 15 is 0 Å². The van der Waals surface area contributed by atoms with E-state index in [1.54, 1.807) is 18.3 Å². The Morgan fingerprint density at radius 3 is 2.67 bits per heavy atom. The van der Waals surface area contributed by atoms with E-state index in [0.717, 1.165) is 6.07 Å². The van der Waals surface area contributed by atoms with E-state index in [-0.39, 0.29) is 11.5 Å². The molecule has 0 aliphatic rings. The number of hydrogen-bond donors (Lipinski definition) is 1. The van der Waals surface area contributed by atoms with Crippen molar-refractivity contribution in [1.82, 2.24) is 14.5 Å². The summed E-state index contributed by atoms with van der Waals surface area (Å²) in [5.74, 6) is 0.120. The van der Waals surface area contributed by atoms with Gasteiger partial charge < -0.3 is 5.73 Å². The van der Waals surface area contributed by atoms with E-state index in [0.29, 0.717) is 16.7 Å². The van der Waals surface area contributed by atoms with Crippen LogP contribution in [0.5, 0.6) is 0 Å². The van der Waals surface area contributed by atoms with Gasteiger partial charge in [0.1, 0.15) is 5.52 Å². The summed E-state index contributed by atoms with van der Waals surface area (Å²) in [6, 6.07) is 5.74. The van der Waals surface area contributed by atoms with E-state index < -0.39 is 11.7 Å². The first-order valence-corrected chi connectivity index (χ1v) is 6.14. The first-order valence-electron chi connectivity index (χ1n) is 6.14. The Labute approximate surface area is 118 Å². The molecule has 0 radical (unpaired) electrons. The predicted octanol–water partition coefficient (Wildman–Crippen LogP) is 3.33. The molecule has 0 unspecified atom stereocenters. The molecule has 21 heavy (non-hydrogen) atoms. The number of rotatable bonds is 1. The van der Waals surface area contributed by atoms with Crippen molar-refractivity contribution in [3.8, 4) is 5.69 Å². The average molecular weight is 292 g/mol. The van der Waals surface area contributed by atoms with Crippen molar-refractivity contribution in [3.05, 3.63) is 47.8 Å². The van der Waals surface area contributed by atoms with Crippen LogP contribution in [-0.4, -0.2) is 14.5 Å². The summed E-state index contributed by atoms with van der Waals surface area (Å²) in [6.45, 7) is 1.42. The molecule has 0 saturated carbocycles. The zero-order chi connectivity index (χ0) is 15.2. The van der Waals surface area contributed by atoms with Crippen LogP contribution in [0.1, 0.15) is 11.1 Å². The van der Waals surface area contributed by atoms with E-state index in [2.05, 4.69) is 9.97 Å². The Hall–Kier alpha value is -2.57. The SMILES string of the molecule is Cc1ccc(-n2c(N)nc3cnccc32)cc1C(F)(F)F. The molecule has 2 aromatic heterocycles. The standard InChI is InChI=1S/C14H11F3N4/c1-8-2-3-9(6-10(8)14(15,16)17)21-12-4-5-19-7-11(12)20-13(21)18/h2-7H,1H3,(H2,18,20). The number of nitrogen functional groups attached to an aromatic ring is 1. The van der Waals surface area contributed by atoms with Crippen molar-refractivity contribution in [2.75, 3.05) is 5.73 Å². The number of hydrogen-bond acceptors (Lipinski definition) is 3. The maximum absolute atomic E-state index is 13.0. The molecule has 2 heterocycles. The third-order valence-corrected chi connectivity index (χ3v) is 3.27. The Morgan fingerprint density at radius 2 is 1.95 bits per heavy atom. The minimum Gasteiger partial charge on any atom is -0.369 e. The Kier molecular flexibility index (Phi) is 2.86. The number of fused-ring (bicyclic) bond motifs is 1. The minimum absolute atomic E-state index is 0.120. The average Bonchev–Trinajstić information content (AvgIpc) is 2.74. The van der Waals surface area contributed by atoms with Crippen molar-refractivity contribution < 1.29 is 13.2 Å². The molecule has 3 rings (SSSR count).